The monoisotopic (exact) mass is 1750 g/mol. The molecular formula is C104H109BCl2NNaO15S-. The van der Waals surface area contributed by atoms with Crippen molar-refractivity contribution in [2.45, 2.75) is 79.1 Å². The van der Waals surface area contributed by atoms with Crippen LogP contribution in [0.5, 0.6) is 46.0 Å². The van der Waals surface area contributed by atoms with E-state index in [2.05, 4.69) is 226 Å². The van der Waals surface area contributed by atoms with Crippen molar-refractivity contribution in [3.8, 4) is 90.5 Å². The number of aldehydes is 1. The second kappa shape index (κ2) is 52.5. The van der Waals surface area contributed by atoms with E-state index < -0.39 is 28.4 Å². The number of carbonyl (C=O) groups excluding carboxylic acids is 2. The number of methoxy groups -OCH3 is 9. The molecule has 0 bridgehead atoms. The molecule has 12 aromatic rings. The fraction of sp³-hybridized carbons (Fsp3) is 0.212. The smallest absolute Gasteiger partial charge is 1.00 e. The van der Waals surface area contributed by atoms with Crippen molar-refractivity contribution in [2.24, 2.45) is 0 Å². The molecule has 2 N–H and O–H groups in total. The molecular weight excluding hydrogens is 1640 g/mol. The van der Waals surface area contributed by atoms with Gasteiger partial charge in [-0.2, -0.15) is 0 Å². The Morgan fingerprint density at radius 2 is 0.704 bits per heavy atom. The van der Waals surface area contributed by atoms with E-state index in [0.717, 1.165) is 74.3 Å². The SMILES string of the molecule is C.COC(=O)C1C(O)CCCN1Cc1c(OC)cc(/C=C/c2cccc(-c3ccccc3)c2C)cc1OC.COc1cc(/C=C/c2cccc(-c3ccccc3)c2C)cc(OC)c1C=O.COc1cc(/C=C/c2cccc(-c3ccccc3)c2C)cc(OC)c1CCl.COc1cc(/C=C/c2cccc(-c3ccccc3)c2C)cc(OC)c1CO.O=S([O-])Cl.[B].[H-].[Na+]. The summed E-state index contributed by atoms with van der Waals surface area (Å²) in [4.78, 5) is 25.6. The quantitative estimate of drug-likeness (QED) is 0.00985. The molecule has 0 aromatic heterocycles. The largest absolute Gasteiger partial charge is 1.00 e. The summed E-state index contributed by atoms with van der Waals surface area (Å²) in [7, 11) is 16.0. The molecule has 21 heteroatoms. The van der Waals surface area contributed by atoms with Crippen LogP contribution in [0.2, 0.25) is 0 Å². The third-order valence-corrected chi connectivity index (χ3v) is 21.3. The van der Waals surface area contributed by atoms with Gasteiger partial charge in [-0.25, -0.2) is 0 Å². The van der Waals surface area contributed by atoms with E-state index >= 15 is 0 Å². The number of alkyl halides is 1. The van der Waals surface area contributed by atoms with E-state index in [9.17, 15) is 19.8 Å². The molecule has 125 heavy (non-hydrogen) atoms. The molecule has 1 saturated heterocycles. The normalized spacial score (nSPS) is 12.9. The van der Waals surface area contributed by atoms with E-state index in [1.807, 2.05) is 108 Å². The number of aliphatic hydroxyl groups excluding tert-OH is 2. The summed E-state index contributed by atoms with van der Waals surface area (Å²) in [6.45, 7) is 9.48. The number of ether oxygens (including phenoxy) is 9. The van der Waals surface area contributed by atoms with E-state index in [1.165, 1.54) is 79.4 Å². The number of nitrogens with zero attached hydrogens (tertiary/aromatic N) is 1. The average Bonchev–Trinajstić information content (AvgIpc) is 0.797. The zero-order chi connectivity index (χ0) is 87.6. The molecule has 16 nitrogen and oxygen atoms in total. The second-order valence-electron chi connectivity index (χ2n) is 28.2. The summed E-state index contributed by atoms with van der Waals surface area (Å²) >= 11 is 6.04. The number of esters is 1. The Labute approximate surface area is 774 Å². The van der Waals surface area contributed by atoms with Crippen LogP contribution in [0.3, 0.4) is 0 Å². The number of hydrogen-bond acceptors (Lipinski definition) is 16. The fourth-order valence-corrected chi connectivity index (χ4v) is 14.8. The van der Waals surface area contributed by atoms with Gasteiger partial charge in [0.05, 0.1) is 105 Å². The number of carbonyl (C=O) groups is 2. The second-order valence-corrected chi connectivity index (χ2v) is 29.6. The van der Waals surface area contributed by atoms with Gasteiger partial charge >= 0.3 is 35.5 Å². The van der Waals surface area contributed by atoms with Crippen LogP contribution in [0, 0.1) is 27.7 Å². The standard InChI is InChI=1S/C31H35NO5.C24H23ClO2.C24H24O3.C24H22O3.CH4.B.ClHO2S.Na.H/c1-21-23(12-8-13-25(21)24-10-6-5-7-11-24)16-15-22-18-28(35-2)26(29(19-22)36-3)20-32-17-9-14-27(33)30(32)31(34)37-4;3*1-17-19(10-7-11-21(17)20-8-5-4-6-9-20)13-12-18-14-23(26-2)22(16-25)24(15-18)27-3;;;1-4(2)3;;/h5-8,10-13,15-16,18-19,27,30,33H,9,14,17,20H2,1-4H3;4-15H,16H2,1-3H3;4-15,25H,16H2,1-3H3;4-16H,1-3H3;1H4;;(H,2,3);;/q;;;;;;;+1;-1/p-1/b16-15+;3*13-12+;;;;;. The summed E-state index contributed by atoms with van der Waals surface area (Å²) in [5.74, 6) is 4.94. The van der Waals surface area contributed by atoms with Crippen LogP contribution in [0.15, 0.2) is 243 Å². The van der Waals surface area contributed by atoms with Gasteiger partial charge in [-0.15, -0.1) is 11.6 Å². The maximum atomic E-state index is 12.4. The van der Waals surface area contributed by atoms with Crippen molar-refractivity contribution in [1.29, 1.82) is 0 Å². The van der Waals surface area contributed by atoms with Gasteiger partial charge in [0.15, 0.2) is 6.29 Å². The van der Waals surface area contributed by atoms with Gasteiger partial charge < -0.3 is 58.8 Å². The summed E-state index contributed by atoms with van der Waals surface area (Å²) < 4.78 is 66.4. The van der Waals surface area contributed by atoms with Crippen molar-refractivity contribution in [3.05, 3.63) is 332 Å². The number of piperidine rings is 1. The minimum Gasteiger partial charge on any atom is -1.00 e. The summed E-state index contributed by atoms with van der Waals surface area (Å²) in [5.41, 5.74) is 25.7. The summed E-state index contributed by atoms with van der Waals surface area (Å²) in [6.07, 6.45) is 17.9. The van der Waals surface area contributed by atoms with Crippen LogP contribution in [-0.4, -0.2) is 127 Å². The zero-order valence-corrected chi connectivity index (χ0v) is 76.9. The van der Waals surface area contributed by atoms with Gasteiger partial charge in [-0.1, -0.05) is 250 Å². The van der Waals surface area contributed by atoms with E-state index in [1.54, 1.807) is 56.9 Å². The van der Waals surface area contributed by atoms with Crippen molar-refractivity contribution >= 4 is 102 Å². The van der Waals surface area contributed by atoms with E-state index in [4.69, 9.17) is 63.0 Å². The first-order chi connectivity index (χ1) is 59.2. The molecule has 0 spiro atoms. The third-order valence-electron chi connectivity index (χ3n) is 21.0. The number of aliphatic hydroxyl groups is 2. The molecule has 1 heterocycles. The van der Waals surface area contributed by atoms with Gasteiger partial charge in [0.1, 0.15) is 52.0 Å². The first-order valence-corrected chi connectivity index (χ1v) is 41.9. The van der Waals surface area contributed by atoms with Crippen LogP contribution in [0.4, 0.5) is 0 Å². The fourth-order valence-electron chi connectivity index (χ4n) is 14.6. The maximum Gasteiger partial charge on any atom is 1.00 e. The molecule has 12 aromatic carbocycles. The Morgan fingerprint density at radius 1 is 0.440 bits per heavy atom. The van der Waals surface area contributed by atoms with Crippen LogP contribution in [0.1, 0.15) is 116 Å². The average molecular weight is 1750 g/mol. The Hall–Kier alpha value is -11.2. The molecule has 1 fully saturated rings. The van der Waals surface area contributed by atoms with Crippen molar-refractivity contribution in [3.63, 3.8) is 0 Å². The summed E-state index contributed by atoms with van der Waals surface area (Å²) in [5, 5.41) is 20.1. The first kappa shape index (κ1) is 103. The van der Waals surface area contributed by atoms with Crippen LogP contribution < -0.4 is 67.5 Å². The molecule has 3 unspecified atom stereocenters. The Bertz CT molecular complexity index is 5360. The molecule has 0 saturated carbocycles. The molecule has 13 rings (SSSR count). The van der Waals surface area contributed by atoms with Gasteiger partial charge in [0, 0.05) is 25.3 Å². The number of hydrogen-bond donors (Lipinski definition) is 2. The molecule has 3 radical (unpaired) electrons. The van der Waals surface area contributed by atoms with Crippen LogP contribution in [-0.2, 0) is 38.9 Å². The van der Waals surface area contributed by atoms with Crippen LogP contribution >= 0.6 is 22.3 Å². The summed E-state index contributed by atoms with van der Waals surface area (Å²) in [6, 6.07) is 81.5. The Balaban J connectivity index is 0.000000293. The Kier molecular flexibility index (Phi) is 43.1. The zero-order valence-electron chi connectivity index (χ0n) is 73.6. The molecule has 0 aliphatic carbocycles. The van der Waals surface area contributed by atoms with Gasteiger partial charge in [0.25, 0.3) is 0 Å². The van der Waals surface area contributed by atoms with Gasteiger partial charge in [-0.05, 0) is 218 Å². The molecule has 1 aliphatic heterocycles. The van der Waals surface area contributed by atoms with Gasteiger partial charge in [0.2, 0.25) is 0 Å². The molecule has 1 aliphatic rings. The number of rotatable bonds is 26. The number of likely N-dealkylation sites (tertiary alicyclic amines) is 1. The third kappa shape index (κ3) is 27.9. The molecule has 0 amide bonds. The molecule has 3 atom stereocenters. The van der Waals surface area contributed by atoms with Crippen LogP contribution in [0.25, 0.3) is 93.1 Å². The van der Waals surface area contributed by atoms with Crippen molar-refractivity contribution < 1.29 is 102 Å². The van der Waals surface area contributed by atoms with Crippen molar-refractivity contribution in [1.82, 2.24) is 4.90 Å². The van der Waals surface area contributed by atoms with E-state index in [-0.39, 0.29) is 53.4 Å². The van der Waals surface area contributed by atoms with E-state index in [0.29, 0.717) is 71.0 Å². The topological polar surface area (TPSA) is 201 Å². The first-order valence-electron chi connectivity index (χ1n) is 39.4. The van der Waals surface area contributed by atoms with Crippen molar-refractivity contribution in [2.75, 3.05) is 70.5 Å². The predicted molar refractivity (Wildman–Crippen MR) is 511 cm³/mol. The Morgan fingerprint density at radius 3 is 0.952 bits per heavy atom. The van der Waals surface area contributed by atoms with Gasteiger partial charge in [-0.3, -0.25) is 18.7 Å². The molecule has 645 valence electrons. The maximum absolute atomic E-state index is 12.4. The minimum absolute atomic E-state index is 0. The predicted octanol–water partition coefficient (Wildman–Crippen LogP) is 20.3. The minimum atomic E-state index is -2.39. The number of benzene rings is 12. The number of halogens is 2.